The van der Waals surface area contributed by atoms with Gasteiger partial charge >= 0.3 is 0 Å². The van der Waals surface area contributed by atoms with E-state index in [0.717, 1.165) is 52.9 Å². The number of nitrogens with two attached hydrogens (primary N) is 1. The number of aromatic nitrogens is 3. The molecule has 1 aliphatic heterocycles. The van der Waals surface area contributed by atoms with E-state index in [-0.39, 0.29) is 10.8 Å². The van der Waals surface area contributed by atoms with Crippen LogP contribution in [-0.2, 0) is 27.7 Å². The molecule has 0 unspecified atom stereocenters. The Morgan fingerprint density at radius 2 is 1.94 bits per heavy atom. The zero-order chi connectivity index (χ0) is 23.2. The highest BCUT2D eigenvalue weighted by Crippen LogP contribution is 2.40. The highest BCUT2D eigenvalue weighted by Gasteiger charge is 2.27. The molecule has 172 valence electrons. The molecule has 5 rings (SSSR count). The van der Waals surface area contributed by atoms with Crippen molar-refractivity contribution in [2.75, 3.05) is 36.4 Å². The molecule has 0 saturated carbocycles. The molecule has 0 radical (unpaired) electrons. The third-order valence-electron chi connectivity index (χ3n) is 5.81. The van der Waals surface area contributed by atoms with Crippen LogP contribution < -0.4 is 15.4 Å². The number of hydrogen-bond donors (Lipinski definition) is 2. The van der Waals surface area contributed by atoms with Gasteiger partial charge in [-0.3, -0.25) is 4.79 Å². The lowest BCUT2D eigenvalue weighted by Gasteiger charge is -2.33. The second kappa shape index (κ2) is 8.36. The van der Waals surface area contributed by atoms with E-state index >= 15 is 0 Å². The average molecular weight is 486 g/mol. The average Bonchev–Trinajstić information content (AvgIpc) is 3.24. The number of nitrogens with one attached hydrogen (secondary N) is 1. The van der Waals surface area contributed by atoms with E-state index in [2.05, 4.69) is 15.2 Å². The van der Waals surface area contributed by atoms with Crippen molar-refractivity contribution in [3.05, 3.63) is 41.7 Å². The molecule has 12 heteroatoms. The van der Waals surface area contributed by atoms with Gasteiger partial charge in [-0.15, -0.1) is 0 Å². The van der Waals surface area contributed by atoms with E-state index in [1.54, 1.807) is 30.4 Å². The summed E-state index contributed by atoms with van der Waals surface area (Å²) < 4.78 is 23.3. The van der Waals surface area contributed by atoms with Crippen LogP contribution in [0.3, 0.4) is 0 Å². The maximum atomic E-state index is 11.6. The van der Waals surface area contributed by atoms with E-state index in [1.807, 2.05) is 11.1 Å². The zero-order valence-corrected chi connectivity index (χ0v) is 19.6. The minimum Gasteiger partial charge on any atom is -0.345 e. The summed E-state index contributed by atoms with van der Waals surface area (Å²) in [6.07, 6.45) is 3.45. The summed E-state index contributed by atoms with van der Waals surface area (Å²) in [4.78, 5) is 30.8. The number of benzene rings is 1. The molecule has 1 fully saturated rings. The summed E-state index contributed by atoms with van der Waals surface area (Å²) in [6.45, 7) is 4.52. The fourth-order valence-corrected chi connectivity index (χ4v) is 5.77. The van der Waals surface area contributed by atoms with Gasteiger partial charge in [0.05, 0.1) is 21.2 Å². The first-order valence-electron chi connectivity index (χ1n) is 10.5. The molecule has 0 bridgehead atoms. The number of thiazole rings is 1. The molecule has 0 spiro atoms. The normalized spacial score (nSPS) is 15.7. The Hall–Kier alpha value is -3.09. The fraction of sp³-hybridized carbons (Fsp3) is 0.333. The smallest absolute Gasteiger partial charge is 0.238 e. The number of nitrogens with zero attached hydrogens (tertiary/aromatic N) is 5. The van der Waals surface area contributed by atoms with Crippen LogP contribution in [0.2, 0.25) is 0 Å². The van der Waals surface area contributed by atoms with Crippen LogP contribution in [0, 0.1) is 0 Å². The number of fused-ring (bicyclic) bond motifs is 3. The predicted molar refractivity (Wildman–Crippen MR) is 126 cm³/mol. The number of aryl methyl sites for hydroxylation is 2. The van der Waals surface area contributed by atoms with Crippen molar-refractivity contribution in [2.24, 2.45) is 5.14 Å². The highest BCUT2D eigenvalue weighted by atomic mass is 32.2. The standard InChI is InChI=1S/C21H23N7O3S2/c1-13(29)27-7-9-28(10-8-27)21-25-17-6-5-14-12-23-20(26-18(14)19(17)32-21)24-15-3-2-4-16(11-15)33(22,30)31/h2-4,11-12H,5-10H2,1H3,(H2,22,30,31)(H,23,24,26). The van der Waals surface area contributed by atoms with Crippen LogP contribution in [0.1, 0.15) is 18.2 Å². The Morgan fingerprint density at radius 3 is 2.67 bits per heavy atom. The number of rotatable bonds is 4. The third-order valence-corrected chi connectivity index (χ3v) is 7.89. The lowest BCUT2D eigenvalue weighted by molar-refractivity contribution is -0.129. The first kappa shape index (κ1) is 21.7. The van der Waals surface area contributed by atoms with Crippen LogP contribution in [-0.4, -0.2) is 60.4 Å². The number of anilines is 3. The van der Waals surface area contributed by atoms with Gasteiger partial charge < -0.3 is 15.1 Å². The number of carbonyl (C=O) groups excluding carboxylic acids is 1. The first-order chi connectivity index (χ1) is 15.8. The van der Waals surface area contributed by atoms with Crippen molar-refractivity contribution >= 4 is 44.0 Å². The number of piperazine rings is 1. The number of hydrogen-bond acceptors (Lipinski definition) is 9. The van der Waals surface area contributed by atoms with Crippen LogP contribution in [0.5, 0.6) is 0 Å². The second-order valence-corrected chi connectivity index (χ2v) is 10.6. The van der Waals surface area contributed by atoms with E-state index in [9.17, 15) is 13.2 Å². The second-order valence-electron chi connectivity index (χ2n) is 8.03. The minimum absolute atomic E-state index is 0.0183. The third kappa shape index (κ3) is 4.41. The van der Waals surface area contributed by atoms with Crippen molar-refractivity contribution in [2.45, 2.75) is 24.7 Å². The Labute approximate surface area is 195 Å². The summed E-state index contributed by atoms with van der Waals surface area (Å²) in [5, 5.41) is 9.26. The van der Waals surface area contributed by atoms with Gasteiger partial charge in [-0.1, -0.05) is 17.4 Å². The summed E-state index contributed by atoms with van der Waals surface area (Å²) in [7, 11) is -3.80. The highest BCUT2D eigenvalue weighted by molar-refractivity contribution is 7.89. The molecule has 2 aromatic heterocycles. The van der Waals surface area contributed by atoms with Gasteiger partial charge in [-0.2, -0.15) is 0 Å². The molecule has 3 aromatic rings. The van der Waals surface area contributed by atoms with Gasteiger partial charge in [0.1, 0.15) is 0 Å². The van der Waals surface area contributed by atoms with Gasteiger partial charge in [0.2, 0.25) is 21.9 Å². The summed E-state index contributed by atoms with van der Waals surface area (Å²) >= 11 is 1.61. The molecule has 1 saturated heterocycles. The number of sulfonamides is 1. The maximum absolute atomic E-state index is 11.6. The van der Waals surface area contributed by atoms with Crippen molar-refractivity contribution in [1.29, 1.82) is 0 Å². The molecule has 33 heavy (non-hydrogen) atoms. The maximum Gasteiger partial charge on any atom is 0.238 e. The van der Waals surface area contributed by atoms with Crippen LogP contribution >= 0.6 is 11.3 Å². The summed E-state index contributed by atoms with van der Waals surface area (Å²) in [5.41, 5.74) is 3.47. The molecule has 10 nitrogen and oxygen atoms in total. The Kier molecular flexibility index (Phi) is 5.51. The molecule has 3 heterocycles. The Morgan fingerprint density at radius 1 is 1.15 bits per heavy atom. The Bertz CT molecular complexity index is 1330. The fourth-order valence-electron chi connectivity index (χ4n) is 4.02. The first-order valence-corrected chi connectivity index (χ1v) is 12.9. The lowest BCUT2D eigenvalue weighted by Crippen LogP contribution is -2.48. The van der Waals surface area contributed by atoms with Gasteiger partial charge in [0.25, 0.3) is 0 Å². The molecule has 1 amide bonds. The van der Waals surface area contributed by atoms with Crippen LogP contribution in [0.15, 0.2) is 35.4 Å². The monoisotopic (exact) mass is 485 g/mol. The van der Waals surface area contributed by atoms with E-state index < -0.39 is 10.0 Å². The van der Waals surface area contributed by atoms with Gasteiger partial charge in [0.15, 0.2) is 5.13 Å². The largest absolute Gasteiger partial charge is 0.345 e. The van der Waals surface area contributed by atoms with Crippen molar-refractivity contribution in [3.8, 4) is 10.6 Å². The van der Waals surface area contributed by atoms with Gasteiger partial charge in [-0.25, -0.2) is 28.5 Å². The molecule has 3 N–H and O–H groups in total. The molecule has 1 aromatic carbocycles. The zero-order valence-electron chi connectivity index (χ0n) is 18.0. The van der Waals surface area contributed by atoms with Gasteiger partial charge in [-0.05, 0) is 36.6 Å². The summed E-state index contributed by atoms with van der Waals surface area (Å²) in [6, 6.07) is 6.24. The number of primary sulfonamides is 1. The van der Waals surface area contributed by atoms with Crippen LogP contribution in [0.25, 0.3) is 10.6 Å². The minimum atomic E-state index is -3.80. The van der Waals surface area contributed by atoms with Crippen LogP contribution in [0.4, 0.5) is 16.8 Å². The predicted octanol–water partition coefficient (Wildman–Crippen LogP) is 1.76. The molecular weight excluding hydrogens is 462 g/mol. The molecular formula is C21H23N7O3S2. The Balaban J connectivity index is 1.40. The number of amides is 1. The number of carbonyl (C=O) groups is 1. The lowest BCUT2D eigenvalue weighted by atomic mass is 10.00. The van der Waals surface area contributed by atoms with Crippen molar-refractivity contribution in [1.82, 2.24) is 19.9 Å². The molecule has 1 aliphatic carbocycles. The van der Waals surface area contributed by atoms with E-state index in [1.165, 1.54) is 12.1 Å². The topological polar surface area (TPSA) is 134 Å². The van der Waals surface area contributed by atoms with E-state index in [0.29, 0.717) is 24.7 Å². The van der Waals surface area contributed by atoms with Crippen molar-refractivity contribution in [3.63, 3.8) is 0 Å². The van der Waals surface area contributed by atoms with Gasteiger partial charge in [0, 0.05) is 45.0 Å². The molecule has 0 atom stereocenters. The van der Waals surface area contributed by atoms with Crippen molar-refractivity contribution < 1.29 is 13.2 Å². The van der Waals surface area contributed by atoms with E-state index in [4.69, 9.17) is 15.1 Å². The molecule has 2 aliphatic rings. The quantitative estimate of drug-likeness (QED) is 0.571. The summed E-state index contributed by atoms with van der Waals surface area (Å²) in [5.74, 6) is 0.478. The SMILES string of the molecule is CC(=O)N1CCN(c2nc3c(s2)-c2nc(Nc4cccc(S(N)(=O)=O)c4)ncc2CC3)CC1.